The highest BCUT2D eigenvalue weighted by atomic mass is 32.2. The van der Waals surface area contributed by atoms with Crippen LogP contribution in [-0.4, -0.2) is 22.9 Å². The Morgan fingerprint density at radius 3 is 2.64 bits per heavy atom. The average molecular weight is 172 g/mol. The fraction of sp³-hybridized carbons (Fsp3) is 0.571. The predicted molar refractivity (Wildman–Crippen MR) is 41.2 cm³/mol. The molecule has 0 N–H and O–H groups in total. The van der Waals surface area contributed by atoms with Gasteiger partial charge in [-0.05, 0) is 0 Å². The lowest BCUT2D eigenvalue weighted by Crippen LogP contribution is -2.23. The van der Waals surface area contributed by atoms with Gasteiger partial charge in [-0.2, -0.15) is 0 Å². The van der Waals surface area contributed by atoms with Gasteiger partial charge in [-0.15, -0.1) is 0 Å². The van der Waals surface area contributed by atoms with Crippen molar-refractivity contribution in [3.63, 3.8) is 0 Å². The molecule has 60 valence electrons. The van der Waals surface area contributed by atoms with Crippen molar-refractivity contribution in [2.75, 3.05) is 5.75 Å². The number of hydrogen-bond donors (Lipinski definition) is 0. The maximum atomic E-state index is 11.0. The van der Waals surface area contributed by atoms with Crippen molar-refractivity contribution in [1.82, 2.24) is 0 Å². The van der Waals surface area contributed by atoms with Gasteiger partial charge >= 0.3 is 0 Å². The molecule has 11 heavy (non-hydrogen) atoms. The number of Topliss-reactive ketones (excluding diaryl/α,β-unsaturated/α-hetero) is 1. The van der Waals surface area contributed by atoms with Crippen LogP contribution >= 0.6 is 11.8 Å². The Kier molecular flexibility index (Phi) is 2.44. The monoisotopic (exact) mass is 172 g/mol. The Hall–Kier alpha value is -0.640. The highest BCUT2D eigenvalue weighted by Crippen LogP contribution is 2.27. The van der Waals surface area contributed by atoms with Crippen LogP contribution in [0.5, 0.6) is 0 Å². The number of ketones is 1. The second kappa shape index (κ2) is 3.17. The van der Waals surface area contributed by atoms with Gasteiger partial charge in [-0.3, -0.25) is 9.59 Å². The minimum Gasteiger partial charge on any atom is -0.303 e. The molecule has 3 nitrogen and oxygen atoms in total. The Bertz CT molecular complexity index is 196. The maximum absolute atomic E-state index is 11.0. The third-order valence-corrected chi connectivity index (χ3v) is 2.67. The van der Waals surface area contributed by atoms with E-state index < -0.39 is 11.8 Å². The van der Waals surface area contributed by atoms with E-state index in [2.05, 4.69) is 0 Å². The van der Waals surface area contributed by atoms with E-state index >= 15 is 0 Å². The van der Waals surface area contributed by atoms with Gasteiger partial charge in [0.05, 0.1) is 11.7 Å². The summed E-state index contributed by atoms with van der Waals surface area (Å²) in [6.45, 7) is 1.60. The Balaban J connectivity index is 2.75. The summed E-state index contributed by atoms with van der Waals surface area (Å²) in [5.74, 6) is -0.996. The summed E-state index contributed by atoms with van der Waals surface area (Å²) in [5.41, 5.74) is 0. The molecule has 0 saturated carbocycles. The van der Waals surface area contributed by atoms with E-state index in [-0.39, 0.29) is 16.7 Å². The lowest BCUT2D eigenvalue weighted by Gasteiger charge is -2.06. The van der Waals surface area contributed by atoms with Gasteiger partial charge in [0.15, 0.2) is 5.78 Å². The fourth-order valence-electron chi connectivity index (χ4n) is 1.04. The summed E-state index contributed by atoms with van der Waals surface area (Å²) in [6, 6.07) is 0. The van der Waals surface area contributed by atoms with Crippen molar-refractivity contribution in [3.8, 4) is 0 Å². The van der Waals surface area contributed by atoms with Gasteiger partial charge in [0.2, 0.25) is 5.12 Å². The molecule has 0 amide bonds. The smallest absolute Gasteiger partial charge is 0.200 e. The zero-order valence-corrected chi connectivity index (χ0v) is 6.89. The minimum atomic E-state index is -0.669. The first-order valence-electron chi connectivity index (χ1n) is 3.31. The summed E-state index contributed by atoms with van der Waals surface area (Å²) in [4.78, 5) is 32.2. The van der Waals surface area contributed by atoms with Gasteiger partial charge in [-0.25, -0.2) is 0 Å². The average Bonchev–Trinajstić information content (AvgIpc) is 2.30. The van der Waals surface area contributed by atoms with Gasteiger partial charge in [0.25, 0.3) is 0 Å². The molecule has 4 heteroatoms. The van der Waals surface area contributed by atoms with Crippen LogP contribution in [0.15, 0.2) is 0 Å². The van der Waals surface area contributed by atoms with Crippen LogP contribution in [0.3, 0.4) is 0 Å². The highest BCUT2D eigenvalue weighted by molar-refractivity contribution is 8.15. The van der Waals surface area contributed by atoms with Gasteiger partial charge in [0, 0.05) is 5.92 Å². The van der Waals surface area contributed by atoms with Crippen molar-refractivity contribution in [2.24, 2.45) is 11.8 Å². The van der Waals surface area contributed by atoms with E-state index in [0.717, 1.165) is 11.8 Å². The minimum absolute atomic E-state index is 0.111. The zero-order chi connectivity index (χ0) is 8.43. The standard InChI is InChI=1S/C7H8O3S/c1-4(2-8)6-5(9)3-11-7(6)10/h2,4,6H,3H2,1H3. The maximum Gasteiger partial charge on any atom is 0.200 e. The fourth-order valence-corrected chi connectivity index (χ4v) is 2.03. The Morgan fingerprint density at radius 2 is 2.27 bits per heavy atom. The lowest BCUT2D eigenvalue weighted by atomic mass is 9.93. The molecular formula is C7H8O3S. The summed E-state index contributed by atoms with van der Waals surface area (Å²) in [7, 11) is 0. The zero-order valence-electron chi connectivity index (χ0n) is 6.07. The topological polar surface area (TPSA) is 51.2 Å². The number of carbonyl (C=O) groups excluding carboxylic acids is 3. The van der Waals surface area contributed by atoms with Crippen molar-refractivity contribution < 1.29 is 14.4 Å². The molecule has 1 rings (SSSR count). The largest absolute Gasteiger partial charge is 0.303 e. The summed E-state index contributed by atoms with van der Waals surface area (Å²) >= 11 is 1.01. The van der Waals surface area contributed by atoms with Crippen molar-refractivity contribution in [1.29, 1.82) is 0 Å². The van der Waals surface area contributed by atoms with Crippen LogP contribution < -0.4 is 0 Å². The molecular weight excluding hydrogens is 164 g/mol. The normalized spacial score (nSPS) is 27.2. The molecule has 2 unspecified atom stereocenters. The molecule has 0 bridgehead atoms. The lowest BCUT2D eigenvalue weighted by molar-refractivity contribution is -0.130. The molecule has 0 spiro atoms. The number of hydrogen-bond acceptors (Lipinski definition) is 4. The Morgan fingerprint density at radius 1 is 1.64 bits per heavy atom. The molecule has 1 aliphatic heterocycles. The first-order valence-corrected chi connectivity index (χ1v) is 4.30. The molecule has 0 aromatic carbocycles. The number of thioether (sulfide) groups is 1. The number of carbonyl (C=O) groups is 3. The van der Waals surface area contributed by atoms with Crippen LogP contribution in [0.25, 0.3) is 0 Å². The molecule has 0 radical (unpaired) electrons. The SMILES string of the molecule is CC(C=O)C1C(=O)CSC1=O. The van der Waals surface area contributed by atoms with Crippen molar-refractivity contribution in [3.05, 3.63) is 0 Å². The molecule has 0 aliphatic carbocycles. The summed E-state index contributed by atoms with van der Waals surface area (Å²) in [6.07, 6.45) is 0.659. The molecule has 1 aliphatic rings. The molecule has 1 saturated heterocycles. The first-order chi connectivity index (χ1) is 5.16. The van der Waals surface area contributed by atoms with Gasteiger partial charge < -0.3 is 4.79 Å². The molecule has 2 atom stereocenters. The van der Waals surface area contributed by atoms with Crippen LogP contribution in [0, 0.1) is 11.8 Å². The first kappa shape index (κ1) is 8.46. The Labute approximate surface area is 68.5 Å². The van der Waals surface area contributed by atoms with E-state index in [9.17, 15) is 14.4 Å². The van der Waals surface area contributed by atoms with Crippen LogP contribution in [0.2, 0.25) is 0 Å². The predicted octanol–water partition coefficient (Wildman–Crippen LogP) is 0.280. The number of aldehydes is 1. The number of rotatable bonds is 2. The second-order valence-corrected chi connectivity index (χ2v) is 3.53. The molecule has 1 fully saturated rings. The third-order valence-electron chi connectivity index (χ3n) is 1.70. The van der Waals surface area contributed by atoms with E-state index in [0.29, 0.717) is 6.29 Å². The third kappa shape index (κ3) is 1.50. The van der Waals surface area contributed by atoms with E-state index in [1.807, 2.05) is 0 Å². The highest BCUT2D eigenvalue weighted by Gasteiger charge is 2.37. The van der Waals surface area contributed by atoms with E-state index in [4.69, 9.17) is 0 Å². The second-order valence-electron chi connectivity index (χ2n) is 2.55. The van der Waals surface area contributed by atoms with Crippen LogP contribution in [0.4, 0.5) is 0 Å². The molecule has 0 aromatic heterocycles. The van der Waals surface area contributed by atoms with Gasteiger partial charge in [0.1, 0.15) is 6.29 Å². The quantitative estimate of drug-likeness (QED) is 0.443. The molecule has 0 aromatic rings. The van der Waals surface area contributed by atoms with E-state index in [1.54, 1.807) is 6.92 Å². The van der Waals surface area contributed by atoms with Crippen LogP contribution in [-0.2, 0) is 14.4 Å². The summed E-state index contributed by atoms with van der Waals surface area (Å²) < 4.78 is 0. The van der Waals surface area contributed by atoms with Crippen molar-refractivity contribution >= 4 is 28.9 Å². The summed E-state index contributed by atoms with van der Waals surface area (Å²) in [5, 5.41) is -0.158. The van der Waals surface area contributed by atoms with Crippen molar-refractivity contribution in [2.45, 2.75) is 6.92 Å². The molecule has 1 heterocycles. The van der Waals surface area contributed by atoms with E-state index in [1.165, 1.54) is 0 Å². The van der Waals surface area contributed by atoms with Gasteiger partial charge in [-0.1, -0.05) is 18.7 Å². The van der Waals surface area contributed by atoms with Crippen LogP contribution in [0.1, 0.15) is 6.92 Å².